The summed E-state index contributed by atoms with van der Waals surface area (Å²) < 4.78 is 1.12. The standard InChI is InChI=1S/C7H11BrN2S/c8-7-2-1-6(11-7)5(10)3-4-9/h1-2,5H,3-4,9-10H2/t5-/m1/s1. The normalized spacial score (nSPS) is 13.4. The number of halogens is 1. The maximum atomic E-state index is 5.83. The minimum Gasteiger partial charge on any atom is -0.330 e. The fourth-order valence-corrected chi connectivity index (χ4v) is 2.31. The van der Waals surface area contributed by atoms with Crippen molar-refractivity contribution in [3.05, 3.63) is 20.8 Å². The summed E-state index contributed by atoms with van der Waals surface area (Å²) in [7, 11) is 0. The molecule has 1 aromatic rings. The molecule has 0 amide bonds. The highest BCUT2D eigenvalue weighted by molar-refractivity contribution is 9.11. The van der Waals surface area contributed by atoms with Crippen molar-refractivity contribution in [1.29, 1.82) is 0 Å². The van der Waals surface area contributed by atoms with Crippen molar-refractivity contribution in [2.75, 3.05) is 6.54 Å². The van der Waals surface area contributed by atoms with Gasteiger partial charge in [0.2, 0.25) is 0 Å². The molecule has 1 heterocycles. The highest BCUT2D eigenvalue weighted by atomic mass is 79.9. The summed E-state index contributed by atoms with van der Waals surface area (Å²) in [5.41, 5.74) is 11.2. The summed E-state index contributed by atoms with van der Waals surface area (Å²) in [6.45, 7) is 0.649. The van der Waals surface area contributed by atoms with Crippen LogP contribution in [0.3, 0.4) is 0 Å². The van der Waals surface area contributed by atoms with Crippen LogP contribution in [0.5, 0.6) is 0 Å². The Morgan fingerprint density at radius 3 is 2.73 bits per heavy atom. The van der Waals surface area contributed by atoms with Crippen molar-refractivity contribution < 1.29 is 0 Å². The summed E-state index contributed by atoms with van der Waals surface area (Å²) in [5.74, 6) is 0. The lowest BCUT2D eigenvalue weighted by Gasteiger charge is -2.05. The van der Waals surface area contributed by atoms with Crippen LogP contribution >= 0.6 is 27.3 Å². The van der Waals surface area contributed by atoms with E-state index in [0.29, 0.717) is 6.54 Å². The minimum absolute atomic E-state index is 0.108. The van der Waals surface area contributed by atoms with E-state index in [9.17, 15) is 0 Å². The summed E-state index contributed by atoms with van der Waals surface area (Å²) in [6.07, 6.45) is 0.854. The second kappa shape index (κ2) is 4.21. The van der Waals surface area contributed by atoms with E-state index in [-0.39, 0.29) is 6.04 Å². The van der Waals surface area contributed by atoms with Crippen LogP contribution < -0.4 is 11.5 Å². The van der Waals surface area contributed by atoms with E-state index in [1.54, 1.807) is 11.3 Å². The minimum atomic E-state index is 0.108. The fraction of sp³-hybridized carbons (Fsp3) is 0.429. The van der Waals surface area contributed by atoms with Gasteiger partial charge in [0.15, 0.2) is 0 Å². The summed E-state index contributed by atoms with van der Waals surface area (Å²) in [5, 5.41) is 0. The average Bonchev–Trinajstić information content (AvgIpc) is 2.36. The number of hydrogen-bond donors (Lipinski definition) is 2. The van der Waals surface area contributed by atoms with Gasteiger partial charge in [0.05, 0.1) is 3.79 Å². The van der Waals surface area contributed by atoms with E-state index < -0.39 is 0 Å². The van der Waals surface area contributed by atoms with Crippen LogP contribution in [0.25, 0.3) is 0 Å². The van der Waals surface area contributed by atoms with Crippen molar-refractivity contribution >= 4 is 27.3 Å². The highest BCUT2D eigenvalue weighted by Gasteiger charge is 2.06. The van der Waals surface area contributed by atoms with Crippen molar-refractivity contribution in [3.63, 3.8) is 0 Å². The van der Waals surface area contributed by atoms with Gasteiger partial charge in [-0.15, -0.1) is 11.3 Å². The van der Waals surface area contributed by atoms with Crippen LogP contribution in [0, 0.1) is 0 Å². The van der Waals surface area contributed by atoms with E-state index >= 15 is 0 Å². The Bertz CT molecular complexity index is 224. The Labute approximate surface area is 78.7 Å². The molecule has 1 atom stereocenters. The molecular weight excluding hydrogens is 224 g/mol. The molecule has 0 aliphatic heterocycles. The van der Waals surface area contributed by atoms with Gasteiger partial charge < -0.3 is 11.5 Å². The lowest BCUT2D eigenvalue weighted by Crippen LogP contribution is -2.13. The van der Waals surface area contributed by atoms with Gasteiger partial charge in [-0.1, -0.05) is 0 Å². The zero-order chi connectivity index (χ0) is 8.27. The van der Waals surface area contributed by atoms with E-state index in [0.717, 1.165) is 10.2 Å². The molecule has 0 aromatic carbocycles. The lowest BCUT2D eigenvalue weighted by atomic mass is 10.2. The first-order chi connectivity index (χ1) is 5.24. The first-order valence-electron chi connectivity index (χ1n) is 3.45. The van der Waals surface area contributed by atoms with E-state index in [1.807, 2.05) is 12.1 Å². The number of hydrogen-bond acceptors (Lipinski definition) is 3. The van der Waals surface area contributed by atoms with Crippen molar-refractivity contribution in [1.82, 2.24) is 0 Å². The molecule has 0 saturated heterocycles. The highest BCUT2D eigenvalue weighted by Crippen LogP contribution is 2.27. The molecule has 0 radical (unpaired) electrons. The lowest BCUT2D eigenvalue weighted by molar-refractivity contribution is 0.672. The van der Waals surface area contributed by atoms with E-state index in [2.05, 4.69) is 15.9 Å². The molecule has 2 nitrogen and oxygen atoms in total. The Kier molecular flexibility index (Phi) is 3.51. The largest absolute Gasteiger partial charge is 0.330 e. The monoisotopic (exact) mass is 234 g/mol. The van der Waals surface area contributed by atoms with Crippen LogP contribution in [-0.4, -0.2) is 6.54 Å². The van der Waals surface area contributed by atoms with Gasteiger partial charge in [0, 0.05) is 10.9 Å². The average molecular weight is 235 g/mol. The first-order valence-corrected chi connectivity index (χ1v) is 5.06. The predicted molar refractivity (Wildman–Crippen MR) is 52.6 cm³/mol. The molecule has 11 heavy (non-hydrogen) atoms. The summed E-state index contributed by atoms with van der Waals surface area (Å²) >= 11 is 5.06. The molecule has 62 valence electrons. The fourth-order valence-electron chi connectivity index (χ4n) is 0.849. The summed E-state index contributed by atoms with van der Waals surface area (Å²) in [4.78, 5) is 1.20. The van der Waals surface area contributed by atoms with Crippen molar-refractivity contribution in [2.24, 2.45) is 11.5 Å². The van der Waals surface area contributed by atoms with E-state index in [4.69, 9.17) is 11.5 Å². The molecule has 1 aromatic heterocycles. The molecule has 0 spiro atoms. The molecule has 0 aliphatic rings. The van der Waals surface area contributed by atoms with Gasteiger partial charge in [-0.3, -0.25) is 0 Å². The topological polar surface area (TPSA) is 52.0 Å². The maximum absolute atomic E-state index is 5.83. The van der Waals surface area contributed by atoms with Crippen molar-refractivity contribution in [3.8, 4) is 0 Å². The molecule has 0 bridgehead atoms. The molecule has 4 N–H and O–H groups in total. The van der Waals surface area contributed by atoms with Gasteiger partial charge in [0.1, 0.15) is 0 Å². The smallest absolute Gasteiger partial charge is 0.0701 e. The first kappa shape index (κ1) is 9.19. The molecular formula is C7H11BrN2S. The van der Waals surface area contributed by atoms with Gasteiger partial charge in [-0.25, -0.2) is 0 Å². The maximum Gasteiger partial charge on any atom is 0.0701 e. The van der Waals surface area contributed by atoms with Crippen LogP contribution in [0.4, 0.5) is 0 Å². The zero-order valence-corrected chi connectivity index (χ0v) is 8.49. The van der Waals surface area contributed by atoms with Crippen LogP contribution in [-0.2, 0) is 0 Å². The number of thiophene rings is 1. The number of nitrogens with two attached hydrogens (primary N) is 2. The van der Waals surface area contributed by atoms with Crippen LogP contribution in [0.2, 0.25) is 0 Å². The molecule has 0 aliphatic carbocycles. The Balaban J connectivity index is 2.60. The molecule has 0 fully saturated rings. The second-order valence-corrected chi connectivity index (χ2v) is 4.82. The Morgan fingerprint density at radius 2 is 2.27 bits per heavy atom. The quantitative estimate of drug-likeness (QED) is 0.840. The Morgan fingerprint density at radius 1 is 1.55 bits per heavy atom. The van der Waals surface area contributed by atoms with Crippen LogP contribution in [0.1, 0.15) is 17.3 Å². The molecule has 0 saturated carbocycles. The summed E-state index contributed by atoms with van der Waals surface area (Å²) in [6, 6.07) is 4.15. The van der Waals surface area contributed by atoms with Crippen LogP contribution in [0.15, 0.2) is 15.9 Å². The third-order valence-corrected chi connectivity index (χ3v) is 3.19. The third kappa shape index (κ3) is 2.56. The van der Waals surface area contributed by atoms with Gasteiger partial charge in [0.25, 0.3) is 0 Å². The molecule has 1 rings (SSSR count). The second-order valence-electron chi connectivity index (χ2n) is 2.33. The third-order valence-electron chi connectivity index (χ3n) is 1.44. The zero-order valence-electron chi connectivity index (χ0n) is 6.09. The molecule has 4 heteroatoms. The SMILES string of the molecule is NCC[C@@H](N)c1ccc(Br)s1. The number of rotatable bonds is 3. The molecule has 0 unspecified atom stereocenters. The van der Waals surface area contributed by atoms with Gasteiger partial charge >= 0.3 is 0 Å². The predicted octanol–water partition coefficient (Wildman–Crippen LogP) is 1.86. The van der Waals surface area contributed by atoms with Gasteiger partial charge in [-0.2, -0.15) is 0 Å². The van der Waals surface area contributed by atoms with Gasteiger partial charge in [-0.05, 0) is 41.0 Å². The van der Waals surface area contributed by atoms with Crippen molar-refractivity contribution in [2.45, 2.75) is 12.5 Å². The Hall–Kier alpha value is 0.1000. The van der Waals surface area contributed by atoms with E-state index in [1.165, 1.54) is 4.88 Å².